The summed E-state index contributed by atoms with van der Waals surface area (Å²) in [5.41, 5.74) is 0.864. The normalized spacial score (nSPS) is 17.7. The molecular weight excluding hydrogens is 258 g/mol. The van der Waals surface area contributed by atoms with Crippen LogP contribution in [0.1, 0.15) is 35.1 Å². The predicted octanol–water partition coefficient (Wildman–Crippen LogP) is 2.43. The first-order chi connectivity index (χ1) is 8.97. The third-order valence-corrected chi connectivity index (χ3v) is 5.17. The van der Waals surface area contributed by atoms with E-state index in [0.29, 0.717) is 0 Å². The smallest absolute Gasteiger partial charge is 0.185 e. The van der Waals surface area contributed by atoms with Gasteiger partial charge in [0.25, 0.3) is 0 Å². The highest BCUT2D eigenvalue weighted by Crippen LogP contribution is 2.27. The Hall–Kier alpha value is -0.940. The van der Waals surface area contributed by atoms with E-state index in [1.807, 2.05) is 6.92 Å². The van der Waals surface area contributed by atoms with Gasteiger partial charge in [0, 0.05) is 20.5 Å². The van der Waals surface area contributed by atoms with Crippen molar-refractivity contribution in [3.63, 3.8) is 0 Å². The highest BCUT2D eigenvalue weighted by molar-refractivity contribution is 7.17. The maximum atomic E-state index is 11.5. The van der Waals surface area contributed by atoms with Crippen molar-refractivity contribution >= 4 is 22.3 Å². The molecule has 19 heavy (non-hydrogen) atoms. The zero-order valence-electron chi connectivity index (χ0n) is 12.3. The summed E-state index contributed by atoms with van der Waals surface area (Å²) in [7, 11) is 4.27. The van der Waals surface area contributed by atoms with Gasteiger partial charge >= 0.3 is 0 Å². The maximum absolute atomic E-state index is 11.5. The van der Waals surface area contributed by atoms with Gasteiger partial charge < -0.3 is 9.80 Å². The van der Waals surface area contributed by atoms with E-state index in [1.54, 1.807) is 6.92 Å². The Morgan fingerprint density at radius 2 is 2.11 bits per heavy atom. The molecule has 2 rings (SSSR count). The molecule has 1 saturated heterocycles. The van der Waals surface area contributed by atoms with Gasteiger partial charge in [-0.1, -0.05) is 11.3 Å². The fraction of sp³-hybridized carbons (Fsp3) is 0.714. The zero-order valence-corrected chi connectivity index (χ0v) is 13.1. The van der Waals surface area contributed by atoms with Crippen molar-refractivity contribution in [1.82, 2.24) is 9.88 Å². The summed E-state index contributed by atoms with van der Waals surface area (Å²) in [6.45, 7) is 6.95. The molecule has 1 fully saturated rings. The number of Topliss-reactive ketones (excluding diaryl/α,β-unsaturated/α-hetero) is 1. The lowest BCUT2D eigenvalue weighted by Gasteiger charge is -2.31. The number of anilines is 1. The number of hydrogen-bond acceptors (Lipinski definition) is 5. The predicted molar refractivity (Wildman–Crippen MR) is 80.3 cm³/mol. The van der Waals surface area contributed by atoms with Crippen LogP contribution in [0.15, 0.2) is 0 Å². The highest BCUT2D eigenvalue weighted by atomic mass is 32.1. The standard InChI is InChI=1S/C14H23N3OS/c1-10-13(11(2)18)19-14(15-10)17(4)9-12-5-7-16(3)8-6-12/h12H,5-9H2,1-4H3. The molecule has 1 aliphatic rings. The number of hydrogen-bond donors (Lipinski definition) is 0. The maximum Gasteiger partial charge on any atom is 0.185 e. The summed E-state index contributed by atoms with van der Waals surface area (Å²) < 4.78 is 0. The molecule has 0 bridgehead atoms. The fourth-order valence-corrected chi connectivity index (χ4v) is 3.51. The number of nitrogens with zero attached hydrogens (tertiary/aromatic N) is 3. The third kappa shape index (κ3) is 3.54. The van der Waals surface area contributed by atoms with Crippen LogP contribution < -0.4 is 4.90 Å². The molecule has 0 aromatic carbocycles. The average Bonchev–Trinajstić information content (AvgIpc) is 2.74. The van der Waals surface area contributed by atoms with E-state index in [1.165, 1.54) is 37.3 Å². The molecule has 0 radical (unpaired) electrons. The van der Waals surface area contributed by atoms with E-state index < -0.39 is 0 Å². The Labute approximate surface area is 119 Å². The lowest BCUT2D eigenvalue weighted by atomic mass is 9.97. The SMILES string of the molecule is CC(=O)c1sc(N(C)CC2CCN(C)CC2)nc1C. The van der Waals surface area contributed by atoms with E-state index in [4.69, 9.17) is 0 Å². The van der Waals surface area contributed by atoms with E-state index in [0.717, 1.165) is 28.2 Å². The van der Waals surface area contributed by atoms with E-state index in [2.05, 4.69) is 28.9 Å². The van der Waals surface area contributed by atoms with Crippen molar-refractivity contribution in [2.75, 3.05) is 38.6 Å². The number of aromatic nitrogens is 1. The van der Waals surface area contributed by atoms with Gasteiger partial charge in [0.15, 0.2) is 10.9 Å². The van der Waals surface area contributed by atoms with Gasteiger partial charge in [0.1, 0.15) is 0 Å². The number of rotatable bonds is 4. The van der Waals surface area contributed by atoms with E-state index in [9.17, 15) is 4.79 Å². The Balaban J connectivity index is 1.98. The van der Waals surface area contributed by atoms with Gasteiger partial charge in [0.2, 0.25) is 0 Å². The first kappa shape index (κ1) is 14.5. The minimum Gasteiger partial charge on any atom is -0.351 e. The molecule has 0 N–H and O–H groups in total. The van der Waals surface area contributed by atoms with Crippen molar-refractivity contribution in [3.05, 3.63) is 10.6 Å². The molecule has 0 atom stereocenters. The van der Waals surface area contributed by atoms with Crippen molar-refractivity contribution in [3.8, 4) is 0 Å². The summed E-state index contributed by atoms with van der Waals surface area (Å²) in [6.07, 6.45) is 2.51. The Morgan fingerprint density at radius 3 is 2.63 bits per heavy atom. The first-order valence-corrected chi connectivity index (χ1v) is 7.67. The van der Waals surface area contributed by atoms with Gasteiger partial charge in [-0.05, 0) is 45.8 Å². The summed E-state index contributed by atoms with van der Waals surface area (Å²) in [4.78, 5) is 21.4. The minimum absolute atomic E-state index is 0.119. The average molecular weight is 281 g/mol. The monoisotopic (exact) mass is 281 g/mol. The number of ketones is 1. The van der Waals surface area contributed by atoms with Crippen LogP contribution in [0.5, 0.6) is 0 Å². The molecule has 0 spiro atoms. The number of likely N-dealkylation sites (tertiary alicyclic amines) is 1. The highest BCUT2D eigenvalue weighted by Gasteiger charge is 2.20. The third-order valence-electron chi connectivity index (χ3n) is 3.80. The summed E-state index contributed by atoms with van der Waals surface area (Å²) in [5, 5.41) is 0.974. The molecular formula is C14H23N3OS. The number of aryl methyl sites for hydroxylation is 1. The Bertz CT molecular complexity index is 450. The lowest BCUT2D eigenvalue weighted by molar-refractivity contribution is 0.102. The first-order valence-electron chi connectivity index (χ1n) is 6.85. The number of piperidine rings is 1. The van der Waals surface area contributed by atoms with Crippen LogP contribution >= 0.6 is 11.3 Å². The molecule has 1 aromatic rings. The van der Waals surface area contributed by atoms with Crippen molar-refractivity contribution in [1.29, 1.82) is 0 Å². The number of carbonyl (C=O) groups is 1. The number of carbonyl (C=O) groups excluding carboxylic acids is 1. The second-order valence-electron chi connectivity index (χ2n) is 5.59. The zero-order chi connectivity index (χ0) is 14.0. The van der Waals surface area contributed by atoms with Gasteiger partial charge in [-0.15, -0.1) is 0 Å². The summed E-state index contributed by atoms with van der Waals surface area (Å²) in [5.74, 6) is 0.861. The molecule has 0 saturated carbocycles. The van der Waals surface area contributed by atoms with Crippen LogP contribution in [0, 0.1) is 12.8 Å². The second-order valence-corrected chi connectivity index (χ2v) is 6.57. The molecule has 106 valence electrons. The number of thiazole rings is 1. The second kappa shape index (κ2) is 6.01. The Kier molecular flexibility index (Phi) is 4.58. The summed E-state index contributed by atoms with van der Waals surface area (Å²) in [6, 6.07) is 0. The van der Waals surface area contributed by atoms with Crippen molar-refractivity contribution in [2.45, 2.75) is 26.7 Å². The summed E-state index contributed by atoms with van der Waals surface area (Å²) >= 11 is 1.52. The van der Waals surface area contributed by atoms with Gasteiger partial charge in [-0.2, -0.15) is 0 Å². The van der Waals surface area contributed by atoms with Gasteiger partial charge in [-0.3, -0.25) is 4.79 Å². The molecule has 0 amide bonds. The topological polar surface area (TPSA) is 36.4 Å². The molecule has 1 aliphatic heterocycles. The van der Waals surface area contributed by atoms with Crippen molar-refractivity contribution in [2.24, 2.45) is 5.92 Å². The van der Waals surface area contributed by atoms with Crippen LogP contribution in [-0.2, 0) is 0 Å². The quantitative estimate of drug-likeness (QED) is 0.794. The molecule has 0 aliphatic carbocycles. The van der Waals surface area contributed by atoms with E-state index >= 15 is 0 Å². The van der Waals surface area contributed by atoms with Crippen LogP contribution in [-0.4, -0.2) is 49.4 Å². The van der Waals surface area contributed by atoms with Crippen LogP contribution in [0.4, 0.5) is 5.13 Å². The minimum atomic E-state index is 0.119. The van der Waals surface area contributed by atoms with E-state index in [-0.39, 0.29) is 5.78 Å². The largest absolute Gasteiger partial charge is 0.351 e. The lowest BCUT2D eigenvalue weighted by Crippen LogP contribution is -2.35. The molecule has 5 heteroatoms. The van der Waals surface area contributed by atoms with Gasteiger partial charge in [0.05, 0.1) is 10.6 Å². The molecule has 2 heterocycles. The Morgan fingerprint density at radius 1 is 1.47 bits per heavy atom. The van der Waals surface area contributed by atoms with Crippen LogP contribution in [0.25, 0.3) is 0 Å². The van der Waals surface area contributed by atoms with Crippen LogP contribution in [0.3, 0.4) is 0 Å². The van der Waals surface area contributed by atoms with Crippen LogP contribution in [0.2, 0.25) is 0 Å². The molecule has 4 nitrogen and oxygen atoms in total. The van der Waals surface area contributed by atoms with Gasteiger partial charge in [-0.25, -0.2) is 4.98 Å². The molecule has 0 unspecified atom stereocenters. The molecule has 1 aromatic heterocycles. The van der Waals surface area contributed by atoms with Crippen molar-refractivity contribution < 1.29 is 4.79 Å². The fourth-order valence-electron chi connectivity index (χ4n) is 2.58.